The zero-order valence-electron chi connectivity index (χ0n) is 10.5. The van der Waals surface area contributed by atoms with E-state index in [9.17, 15) is 0 Å². The maximum Gasteiger partial charge on any atom is 0.0618 e. The molecule has 0 aliphatic carbocycles. The topological polar surface area (TPSA) is 24.5 Å². The second-order valence-electron chi connectivity index (χ2n) is 4.39. The zero-order chi connectivity index (χ0) is 11.1. The van der Waals surface area contributed by atoms with Crippen LogP contribution < -0.4 is 5.32 Å². The van der Waals surface area contributed by atoms with Crippen LogP contribution in [-0.2, 0) is 4.74 Å². The van der Waals surface area contributed by atoms with E-state index < -0.39 is 0 Å². The summed E-state index contributed by atoms with van der Waals surface area (Å²) < 4.78 is 5.48. The first-order chi connectivity index (χ1) is 7.27. The van der Waals surface area contributed by atoms with Crippen molar-refractivity contribution in [2.75, 3.05) is 32.8 Å². The molecular weight excluding hydrogens is 188 g/mol. The van der Waals surface area contributed by atoms with E-state index in [-0.39, 0.29) is 0 Å². The molecule has 3 heteroatoms. The average molecular weight is 214 g/mol. The van der Waals surface area contributed by atoms with Gasteiger partial charge in [0.15, 0.2) is 0 Å². The highest BCUT2D eigenvalue weighted by Gasteiger charge is 2.20. The predicted molar refractivity (Wildman–Crippen MR) is 64.2 cm³/mol. The molecule has 90 valence electrons. The first-order valence-electron chi connectivity index (χ1n) is 6.33. The van der Waals surface area contributed by atoms with Crippen LogP contribution in [0, 0.1) is 0 Å². The van der Waals surface area contributed by atoms with Gasteiger partial charge in [-0.3, -0.25) is 4.90 Å². The molecule has 1 rings (SSSR count). The second kappa shape index (κ2) is 7.20. The number of ether oxygens (including phenoxy) is 1. The van der Waals surface area contributed by atoms with Crippen molar-refractivity contribution in [3.63, 3.8) is 0 Å². The number of hydrogen-bond acceptors (Lipinski definition) is 3. The van der Waals surface area contributed by atoms with Gasteiger partial charge in [0.1, 0.15) is 0 Å². The molecule has 1 aliphatic rings. The maximum absolute atomic E-state index is 5.48. The Morgan fingerprint density at radius 1 is 1.47 bits per heavy atom. The van der Waals surface area contributed by atoms with Crippen LogP contribution in [0.1, 0.15) is 33.6 Å². The van der Waals surface area contributed by atoms with Gasteiger partial charge < -0.3 is 10.1 Å². The van der Waals surface area contributed by atoms with Gasteiger partial charge >= 0.3 is 0 Å². The summed E-state index contributed by atoms with van der Waals surface area (Å²) in [5.41, 5.74) is 0. The molecule has 2 atom stereocenters. The molecule has 0 aromatic rings. The maximum atomic E-state index is 5.48. The Bertz CT molecular complexity index is 158. The van der Waals surface area contributed by atoms with Crippen molar-refractivity contribution >= 4 is 0 Å². The van der Waals surface area contributed by atoms with E-state index in [1.807, 2.05) is 0 Å². The standard InChI is InChI=1S/C12H26N2O/c1-4-14(11(3)10-15-5-2)9-12-7-6-8-13-12/h11-13H,4-10H2,1-3H3. The predicted octanol–water partition coefficient (Wildman–Crippen LogP) is 1.49. The number of hydrogen-bond donors (Lipinski definition) is 1. The lowest BCUT2D eigenvalue weighted by molar-refractivity contribution is 0.0720. The van der Waals surface area contributed by atoms with Gasteiger partial charge in [0.2, 0.25) is 0 Å². The fourth-order valence-electron chi connectivity index (χ4n) is 2.21. The van der Waals surface area contributed by atoms with Crippen LogP contribution in [0.15, 0.2) is 0 Å². The SMILES string of the molecule is CCOCC(C)N(CC)CC1CCCN1. The van der Waals surface area contributed by atoms with Crippen LogP contribution in [0.4, 0.5) is 0 Å². The van der Waals surface area contributed by atoms with E-state index in [1.54, 1.807) is 0 Å². The summed E-state index contributed by atoms with van der Waals surface area (Å²) in [5.74, 6) is 0. The van der Waals surface area contributed by atoms with E-state index in [0.717, 1.165) is 19.8 Å². The molecule has 0 aromatic carbocycles. The van der Waals surface area contributed by atoms with Crippen LogP contribution in [-0.4, -0.2) is 49.8 Å². The highest BCUT2D eigenvalue weighted by Crippen LogP contribution is 2.09. The molecule has 1 aliphatic heterocycles. The highest BCUT2D eigenvalue weighted by molar-refractivity contribution is 4.79. The summed E-state index contributed by atoms with van der Waals surface area (Å²) in [5, 5.41) is 3.55. The Kier molecular flexibility index (Phi) is 6.22. The zero-order valence-corrected chi connectivity index (χ0v) is 10.5. The van der Waals surface area contributed by atoms with Gasteiger partial charge in [-0.05, 0) is 39.8 Å². The first-order valence-corrected chi connectivity index (χ1v) is 6.33. The van der Waals surface area contributed by atoms with Crippen LogP contribution >= 0.6 is 0 Å². The lowest BCUT2D eigenvalue weighted by Gasteiger charge is -2.30. The van der Waals surface area contributed by atoms with Crippen LogP contribution in [0.25, 0.3) is 0 Å². The molecule has 0 aromatic heterocycles. The van der Waals surface area contributed by atoms with E-state index in [1.165, 1.54) is 25.9 Å². The van der Waals surface area contributed by atoms with Crippen molar-refractivity contribution < 1.29 is 4.74 Å². The normalized spacial score (nSPS) is 23.6. The monoisotopic (exact) mass is 214 g/mol. The Morgan fingerprint density at radius 2 is 2.27 bits per heavy atom. The number of nitrogens with zero attached hydrogens (tertiary/aromatic N) is 1. The van der Waals surface area contributed by atoms with E-state index in [2.05, 4.69) is 31.0 Å². The van der Waals surface area contributed by atoms with Crippen molar-refractivity contribution in [2.45, 2.75) is 45.7 Å². The minimum absolute atomic E-state index is 0.539. The molecule has 1 saturated heterocycles. The van der Waals surface area contributed by atoms with Gasteiger partial charge in [-0.1, -0.05) is 6.92 Å². The highest BCUT2D eigenvalue weighted by atomic mass is 16.5. The lowest BCUT2D eigenvalue weighted by Crippen LogP contribution is -2.43. The van der Waals surface area contributed by atoms with Crippen molar-refractivity contribution in [1.29, 1.82) is 0 Å². The fourth-order valence-corrected chi connectivity index (χ4v) is 2.21. The molecule has 1 heterocycles. The third-order valence-electron chi connectivity index (χ3n) is 3.21. The Balaban J connectivity index is 2.26. The molecule has 0 amide bonds. The van der Waals surface area contributed by atoms with Crippen LogP contribution in [0.2, 0.25) is 0 Å². The molecule has 15 heavy (non-hydrogen) atoms. The van der Waals surface area contributed by atoms with Crippen molar-refractivity contribution in [3.05, 3.63) is 0 Å². The van der Waals surface area contributed by atoms with Gasteiger partial charge in [0.05, 0.1) is 6.61 Å². The smallest absolute Gasteiger partial charge is 0.0618 e. The molecule has 2 unspecified atom stereocenters. The number of likely N-dealkylation sites (N-methyl/N-ethyl adjacent to an activating group) is 1. The summed E-state index contributed by atoms with van der Waals surface area (Å²) in [6.07, 6.45) is 2.67. The quantitative estimate of drug-likeness (QED) is 0.695. The van der Waals surface area contributed by atoms with E-state index in [4.69, 9.17) is 4.74 Å². The first kappa shape index (κ1) is 12.9. The van der Waals surface area contributed by atoms with E-state index >= 15 is 0 Å². The Hall–Kier alpha value is -0.120. The molecular formula is C12H26N2O. The van der Waals surface area contributed by atoms with Crippen LogP contribution in [0.3, 0.4) is 0 Å². The fraction of sp³-hybridized carbons (Fsp3) is 1.00. The largest absolute Gasteiger partial charge is 0.380 e. The van der Waals surface area contributed by atoms with Gasteiger partial charge in [-0.15, -0.1) is 0 Å². The molecule has 0 saturated carbocycles. The summed E-state index contributed by atoms with van der Waals surface area (Å²) in [6, 6.07) is 1.24. The number of nitrogens with one attached hydrogen (secondary N) is 1. The van der Waals surface area contributed by atoms with Gasteiger partial charge in [0, 0.05) is 25.2 Å². The average Bonchev–Trinajstić information content (AvgIpc) is 2.75. The molecule has 1 N–H and O–H groups in total. The number of rotatable bonds is 7. The van der Waals surface area contributed by atoms with Crippen molar-refractivity contribution in [3.8, 4) is 0 Å². The molecule has 0 radical (unpaired) electrons. The molecule has 3 nitrogen and oxygen atoms in total. The minimum atomic E-state index is 0.539. The summed E-state index contributed by atoms with van der Waals surface area (Å²) >= 11 is 0. The van der Waals surface area contributed by atoms with E-state index in [0.29, 0.717) is 12.1 Å². The van der Waals surface area contributed by atoms with Crippen molar-refractivity contribution in [1.82, 2.24) is 10.2 Å². The molecule has 0 bridgehead atoms. The third kappa shape index (κ3) is 4.49. The minimum Gasteiger partial charge on any atom is -0.380 e. The lowest BCUT2D eigenvalue weighted by atomic mass is 10.2. The summed E-state index contributed by atoms with van der Waals surface area (Å²) in [7, 11) is 0. The summed E-state index contributed by atoms with van der Waals surface area (Å²) in [6.45, 7) is 11.7. The second-order valence-corrected chi connectivity index (χ2v) is 4.39. The van der Waals surface area contributed by atoms with Gasteiger partial charge in [-0.2, -0.15) is 0 Å². The van der Waals surface area contributed by atoms with Gasteiger partial charge in [-0.25, -0.2) is 0 Å². The Labute approximate surface area is 94.2 Å². The molecule has 1 fully saturated rings. The Morgan fingerprint density at radius 3 is 2.80 bits per heavy atom. The molecule has 0 spiro atoms. The summed E-state index contributed by atoms with van der Waals surface area (Å²) in [4.78, 5) is 2.51. The van der Waals surface area contributed by atoms with Crippen LogP contribution in [0.5, 0.6) is 0 Å². The third-order valence-corrected chi connectivity index (χ3v) is 3.21. The van der Waals surface area contributed by atoms with Gasteiger partial charge in [0.25, 0.3) is 0 Å². The van der Waals surface area contributed by atoms with Crippen molar-refractivity contribution in [2.24, 2.45) is 0 Å².